The van der Waals surface area contributed by atoms with Gasteiger partial charge < -0.3 is 14.6 Å². The Balaban J connectivity index is 1.59. The van der Waals surface area contributed by atoms with Gasteiger partial charge in [0.05, 0.1) is 40.2 Å². The van der Waals surface area contributed by atoms with Crippen LogP contribution in [-0.2, 0) is 6.42 Å². The molecule has 0 amide bonds. The van der Waals surface area contributed by atoms with Crippen molar-refractivity contribution >= 4 is 43.1 Å². The lowest BCUT2D eigenvalue weighted by molar-refractivity contribution is 0.0937. The Hall–Kier alpha value is -2.81. The predicted octanol–water partition coefficient (Wildman–Crippen LogP) is 7.14. The van der Waals surface area contributed by atoms with Crippen molar-refractivity contribution in [2.24, 2.45) is 0 Å². The molecule has 0 aliphatic carbocycles. The number of carbonyl (C=O) groups excluding carboxylic acids is 1. The van der Waals surface area contributed by atoms with Gasteiger partial charge in [-0.05, 0) is 70.7 Å². The van der Waals surface area contributed by atoms with E-state index in [1.807, 2.05) is 25.1 Å². The number of ketones is 1. The molecule has 1 N–H and O–H groups in total. The lowest BCUT2D eigenvalue weighted by atomic mass is 10.00. The van der Waals surface area contributed by atoms with Crippen molar-refractivity contribution in [1.82, 2.24) is 4.98 Å². The zero-order chi connectivity index (χ0) is 25.1. The minimum atomic E-state index is -0.926. The third-order valence-corrected chi connectivity index (χ3v) is 7.77. The highest BCUT2D eigenvalue weighted by atomic mass is 79.9. The molecule has 4 aromatic rings. The second-order valence-corrected chi connectivity index (χ2v) is 10.4. The molecule has 2 heterocycles. The molecule has 0 fully saturated rings. The van der Waals surface area contributed by atoms with Gasteiger partial charge in [0.15, 0.2) is 17.3 Å². The molecule has 2 aromatic carbocycles. The van der Waals surface area contributed by atoms with Gasteiger partial charge in [-0.25, -0.2) is 9.37 Å². The number of rotatable bonds is 9. The van der Waals surface area contributed by atoms with Crippen molar-refractivity contribution in [3.8, 4) is 22.8 Å². The Morgan fingerprint density at radius 3 is 2.63 bits per heavy atom. The molecule has 5 nitrogen and oxygen atoms in total. The number of hydrogen-bond acceptors (Lipinski definition) is 6. The fourth-order valence-electron chi connectivity index (χ4n) is 3.98. The van der Waals surface area contributed by atoms with Gasteiger partial charge in [-0.15, -0.1) is 11.3 Å². The molecular formula is C27H25BrFNO4S. The Morgan fingerprint density at radius 1 is 1.14 bits per heavy atom. The first kappa shape index (κ1) is 25.3. The standard InChI is InChI=1S/C27H25BrFNO4S/c1-4-15-12-19(22(32)10-9-21(31)16-8-11-23(33-2)24(14-16)34-3)30-20(13-15)25-17-6-5-7-18(29)26(17)35-27(25)28/h5-8,11-14,22,32H,4,9-10H2,1-3H3. The van der Waals surface area contributed by atoms with Crippen LogP contribution in [0.15, 0.2) is 52.3 Å². The lowest BCUT2D eigenvalue weighted by Gasteiger charge is -2.14. The molecule has 0 radical (unpaired) electrons. The van der Waals surface area contributed by atoms with E-state index >= 15 is 0 Å². The van der Waals surface area contributed by atoms with Crippen molar-refractivity contribution in [2.75, 3.05) is 14.2 Å². The van der Waals surface area contributed by atoms with Crippen molar-refractivity contribution in [2.45, 2.75) is 32.3 Å². The smallest absolute Gasteiger partial charge is 0.163 e. The number of carbonyl (C=O) groups is 1. The molecule has 8 heteroatoms. The summed E-state index contributed by atoms with van der Waals surface area (Å²) in [6.07, 6.45) is 0.172. The van der Waals surface area contributed by atoms with Gasteiger partial charge in [0.2, 0.25) is 0 Å². The molecule has 182 valence electrons. The third-order valence-electron chi connectivity index (χ3n) is 5.89. The monoisotopic (exact) mass is 557 g/mol. The van der Waals surface area contributed by atoms with Gasteiger partial charge in [-0.3, -0.25) is 4.79 Å². The normalized spacial score (nSPS) is 12.1. The first-order valence-corrected chi connectivity index (χ1v) is 12.8. The van der Waals surface area contributed by atoms with Crippen LogP contribution < -0.4 is 9.47 Å². The quantitative estimate of drug-likeness (QED) is 0.221. The number of hydrogen-bond donors (Lipinski definition) is 1. The van der Waals surface area contributed by atoms with Gasteiger partial charge in [-0.2, -0.15) is 0 Å². The van der Waals surface area contributed by atoms with Crippen LogP contribution in [0.1, 0.15) is 47.5 Å². The fourth-order valence-corrected chi connectivity index (χ4v) is 5.82. The molecule has 1 unspecified atom stereocenters. The summed E-state index contributed by atoms with van der Waals surface area (Å²) in [5, 5.41) is 11.7. The first-order valence-electron chi connectivity index (χ1n) is 11.2. The molecule has 0 aliphatic heterocycles. The number of aliphatic hydroxyl groups is 1. The van der Waals surface area contributed by atoms with Crippen molar-refractivity contribution in [3.05, 3.63) is 75.0 Å². The van der Waals surface area contributed by atoms with E-state index in [-0.39, 0.29) is 24.4 Å². The maximum Gasteiger partial charge on any atom is 0.163 e. The zero-order valence-corrected chi connectivity index (χ0v) is 22.0. The summed E-state index contributed by atoms with van der Waals surface area (Å²) in [6, 6.07) is 13.8. The number of fused-ring (bicyclic) bond motifs is 1. The van der Waals surface area contributed by atoms with Gasteiger partial charge in [0, 0.05) is 22.9 Å². The lowest BCUT2D eigenvalue weighted by Crippen LogP contribution is -2.07. The maximum atomic E-state index is 14.3. The topological polar surface area (TPSA) is 68.7 Å². The molecule has 0 bridgehead atoms. The number of ether oxygens (including phenoxy) is 2. The van der Waals surface area contributed by atoms with Crippen LogP contribution in [0.5, 0.6) is 11.5 Å². The fraction of sp³-hybridized carbons (Fsp3) is 0.259. The van der Waals surface area contributed by atoms with Gasteiger partial charge >= 0.3 is 0 Å². The van der Waals surface area contributed by atoms with E-state index in [0.717, 1.165) is 26.7 Å². The number of benzene rings is 2. The van der Waals surface area contributed by atoms with E-state index in [2.05, 4.69) is 15.9 Å². The van der Waals surface area contributed by atoms with Crippen LogP contribution in [0.4, 0.5) is 4.39 Å². The maximum absolute atomic E-state index is 14.3. The number of halogens is 2. The molecule has 0 saturated heterocycles. The van der Waals surface area contributed by atoms with E-state index in [4.69, 9.17) is 14.5 Å². The summed E-state index contributed by atoms with van der Waals surface area (Å²) in [7, 11) is 3.05. The van der Waals surface area contributed by atoms with Crippen LogP contribution in [-0.4, -0.2) is 30.1 Å². The zero-order valence-electron chi connectivity index (χ0n) is 19.6. The summed E-state index contributed by atoms with van der Waals surface area (Å²) in [6.45, 7) is 2.02. The summed E-state index contributed by atoms with van der Waals surface area (Å²) in [5.74, 6) is 0.633. The van der Waals surface area contributed by atoms with E-state index in [1.165, 1.54) is 31.6 Å². The highest BCUT2D eigenvalue weighted by Gasteiger charge is 2.20. The molecular weight excluding hydrogens is 533 g/mol. The number of thiophene rings is 1. The SMILES string of the molecule is CCc1cc(-c2c(Br)sc3c(F)cccc23)nc(C(O)CCC(=O)c2ccc(OC)c(OC)c2)c1. The second kappa shape index (κ2) is 10.8. The third kappa shape index (κ3) is 5.24. The minimum Gasteiger partial charge on any atom is -0.493 e. The number of aliphatic hydroxyl groups excluding tert-OH is 1. The largest absolute Gasteiger partial charge is 0.493 e. The van der Waals surface area contributed by atoms with Crippen LogP contribution in [0.25, 0.3) is 21.3 Å². The number of methoxy groups -OCH3 is 2. The first-order chi connectivity index (χ1) is 16.9. The molecule has 2 aromatic heterocycles. The average Bonchev–Trinajstić information content (AvgIpc) is 3.23. The van der Waals surface area contributed by atoms with Crippen molar-refractivity contribution in [1.29, 1.82) is 0 Å². The highest BCUT2D eigenvalue weighted by Crippen LogP contribution is 2.43. The van der Waals surface area contributed by atoms with E-state index in [9.17, 15) is 14.3 Å². The van der Waals surface area contributed by atoms with Crippen LogP contribution >= 0.6 is 27.3 Å². The molecule has 1 atom stereocenters. The Bertz CT molecular complexity index is 1390. The van der Waals surface area contributed by atoms with Crippen molar-refractivity contribution < 1.29 is 23.8 Å². The average molecular weight is 558 g/mol. The minimum absolute atomic E-state index is 0.112. The molecule has 0 saturated carbocycles. The molecule has 0 spiro atoms. The van der Waals surface area contributed by atoms with Crippen LogP contribution in [0, 0.1) is 5.82 Å². The van der Waals surface area contributed by atoms with E-state index < -0.39 is 6.10 Å². The molecule has 35 heavy (non-hydrogen) atoms. The van der Waals surface area contributed by atoms with Gasteiger partial charge in [-0.1, -0.05) is 19.1 Å². The number of Topliss-reactive ketones (excluding diaryl/α,β-unsaturated/α-hetero) is 1. The Kier molecular flexibility index (Phi) is 7.84. The van der Waals surface area contributed by atoms with Crippen LogP contribution in [0.3, 0.4) is 0 Å². The Morgan fingerprint density at radius 2 is 1.91 bits per heavy atom. The van der Waals surface area contributed by atoms with E-state index in [0.29, 0.717) is 33.2 Å². The Labute approximate surface area is 215 Å². The number of aromatic nitrogens is 1. The summed E-state index contributed by atoms with van der Waals surface area (Å²) >= 11 is 4.89. The molecule has 0 aliphatic rings. The summed E-state index contributed by atoms with van der Waals surface area (Å²) < 4.78 is 26.2. The highest BCUT2D eigenvalue weighted by molar-refractivity contribution is 9.11. The van der Waals surface area contributed by atoms with E-state index in [1.54, 1.807) is 24.3 Å². The van der Waals surface area contributed by atoms with Crippen molar-refractivity contribution in [3.63, 3.8) is 0 Å². The van der Waals surface area contributed by atoms with Gasteiger partial charge in [0.1, 0.15) is 5.82 Å². The predicted molar refractivity (Wildman–Crippen MR) is 140 cm³/mol. The summed E-state index contributed by atoms with van der Waals surface area (Å²) in [5.41, 5.74) is 3.43. The summed E-state index contributed by atoms with van der Waals surface area (Å²) in [4.78, 5) is 17.5. The number of nitrogens with zero attached hydrogens (tertiary/aromatic N) is 1. The van der Waals surface area contributed by atoms with Gasteiger partial charge in [0.25, 0.3) is 0 Å². The molecule has 4 rings (SSSR count). The number of aryl methyl sites for hydroxylation is 1. The van der Waals surface area contributed by atoms with Crippen LogP contribution in [0.2, 0.25) is 0 Å². The number of pyridine rings is 1. The second-order valence-electron chi connectivity index (χ2n) is 8.05.